The van der Waals surface area contributed by atoms with E-state index < -0.39 is 11.8 Å². The van der Waals surface area contributed by atoms with Crippen LogP contribution in [0.1, 0.15) is 27.6 Å². The van der Waals surface area contributed by atoms with Gasteiger partial charge in [-0.2, -0.15) is 0 Å². The highest BCUT2D eigenvalue weighted by Gasteiger charge is 2.12. The molecule has 0 bridgehead atoms. The van der Waals surface area contributed by atoms with Gasteiger partial charge >= 0.3 is 5.97 Å². The van der Waals surface area contributed by atoms with Gasteiger partial charge in [0, 0.05) is 5.56 Å². The molecule has 3 rings (SSSR count). The first-order valence-corrected chi connectivity index (χ1v) is 8.63. The molecule has 1 aromatic heterocycles. The number of anilines is 3. The Morgan fingerprint density at radius 1 is 1.04 bits per heavy atom. The lowest BCUT2D eigenvalue weighted by Crippen LogP contribution is -2.12. The van der Waals surface area contributed by atoms with Crippen LogP contribution in [0.25, 0.3) is 0 Å². The van der Waals surface area contributed by atoms with Gasteiger partial charge in [-0.05, 0) is 55.5 Å². The number of amides is 1. The SMILES string of the molecule is CCOC(=O)c1ccccc1Nc1ccc(NC(=O)c2ccc(F)cc2)cn1. The quantitative estimate of drug-likeness (QED) is 0.621. The van der Waals surface area contributed by atoms with Crippen molar-refractivity contribution in [2.45, 2.75) is 6.92 Å². The number of hydrogen-bond acceptors (Lipinski definition) is 5. The normalized spacial score (nSPS) is 10.2. The summed E-state index contributed by atoms with van der Waals surface area (Å²) < 4.78 is 18.0. The molecule has 142 valence electrons. The molecular formula is C21H18FN3O3. The molecule has 0 unspecified atom stereocenters. The number of ether oxygens (including phenoxy) is 1. The van der Waals surface area contributed by atoms with E-state index in [0.717, 1.165) is 0 Å². The summed E-state index contributed by atoms with van der Waals surface area (Å²) in [5.74, 6) is -0.697. The van der Waals surface area contributed by atoms with E-state index in [1.165, 1.54) is 30.5 Å². The van der Waals surface area contributed by atoms with Gasteiger partial charge in [-0.1, -0.05) is 12.1 Å². The minimum absolute atomic E-state index is 0.286. The van der Waals surface area contributed by atoms with Crippen LogP contribution in [0.3, 0.4) is 0 Å². The molecule has 0 aliphatic carbocycles. The summed E-state index contributed by atoms with van der Waals surface area (Å²) in [5, 5.41) is 5.75. The van der Waals surface area contributed by atoms with Crippen molar-refractivity contribution in [2.24, 2.45) is 0 Å². The smallest absolute Gasteiger partial charge is 0.340 e. The van der Waals surface area contributed by atoms with E-state index in [4.69, 9.17) is 4.74 Å². The highest BCUT2D eigenvalue weighted by atomic mass is 19.1. The zero-order valence-electron chi connectivity index (χ0n) is 15.1. The van der Waals surface area contributed by atoms with Crippen LogP contribution in [0, 0.1) is 5.82 Å². The maximum Gasteiger partial charge on any atom is 0.340 e. The monoisotopic (exact) mass is 379 g/mol. The molecule has 0 spiro atoms. The minimum atomic E-state index is -0.422. The van der Waals surface area contributed by atoms with Crippen LogP contribution in [0.2, 0.25) is 0 Å². The number of halogens is 1. The van der Waals surface area contributed by atoms with E-state index in [1.807, 2.05) is 0 Å². The number of benzene rings is 2. The lowest BCUT2D eigenvalue weighted by Gasteiger charge is -2.11. The fourth-order valence-electron chi connectivity index (χ4n) is 2.46. The molecule has 0 radical (unpaired) electrons. The summed E-state index contributed by atoms with van der Waals surface area (Å²) in [6.45, 7) is 2.03. The van der Waals surface area contributed by atoms with Crippen LogP contribution in [-0.4, -0.2) is 23.5 Å². The first kappa shape index (κ1) is 19.0. The number of carbonyl (C=O) groups excluding carboxylic acids is 2. The van der Waals surface area contributed by atoms with Crippen molar-refractivity contribution in [1.82, 2.24) is 4.98 Å². The number of carbonyl (C=O) groups is 2. The van der Waals surface area contributed by atoms with E-state index >= 15 is 0 Å². The average Bonchev–Trinajstić information content (AvgIpc) is 2.70. The predicted molar refractivity (Wildman–Crippen MR) is 104 cm³/mol. The van der Waals surface area contributed by atoms with Crippen LogP contribution in [0.5, 0.6) is 0 Å². The van der Waals surface area contributed by atoms with E-state index in [-0.39, 0.29) is 12.5 Å². The summed E-state index contributed by atoms with van der Waals surface area (Å²) in [5.41, 5.74) is 1.79. The second kappa shape index (κ2) is 8.77. The van der Waals surface area contributed by atoms with Crippen LogP contribution < -0.4 is 10.6 Å². The number of hydrogen-bond donors (Lipinski definition) is 2. The van der Waals surface area contributed by atoms with Crippen molar-refractivity contribution in [3.8, 4) is 0 Å². The molecule has 0 aliphatic heterocycles. The summed E-state index contributed by atoms with van der Waals surface area (Å²) in [6.07, 6.45) is 1.48. The molecule has 6 nitrogen and oxygen atoms in total. The maximum absolute atomic E-state index is 12.9. The van der Waals surface area contributed by atoms with Crippen molar-refractivity contribution in [3.63, 3.8) is 0 Å². The Bertz CT molecular complexity index is 973. The molecular weight excluding hydrogens is 361 g/mol. The third-order valence-electron chi connectivity index (χ3n) is 3.81. The molecule has 7 heteroatoms. The van der Waals surface area contributed by atoms with Gasteiger partial charge in [-0.15, -0.1) is 0 Å². The Hall–Kier alpha value is -3.74. The molecule has 0 saturated heterocycles. The van der Waals surface area contributed by atoms with Crippen LogP contribution in [-0.2, 0) is 4.74 Å². The lowest BCUT2D eigenvalue weighted by molar-refractivity contribution is 0.0527. The first-order chi connectivity index (χ1) is 13.6. The zero-order chi connectivity index (χ0) is 19.9. The van der Waals surface area contributed by atoms with Gasteiger partial charge in [-0.3, -0.25) is 4.79 Å². The van der Waals surface area contributed by atoms with E-state index in [1.54, 1.807) is 43.3 Å². The van der Waals surface area contributed by atoms with E-state index in [2.05, 4.69) is 15.6 Å². The standard InChI is InChI=1S/C21H18FN3O3/c1-2-28-21(27)17-5-3-4-6-18(17)25-19-12-11-16(13-23-19)24-20(26)14-7-9-15(22)10-8-14/h3-13H,2H2,1H3,(H,23,25)(H,24,26). The van der Waals surface area contributed by atoms with Crippen molar-refractivity contribution < 1.29 is 18.7 Å². The second-order valence-corrected chi connectivity index (χ2v) is 5.78. The molecule has 0 atom stereocenters. The topological polar surface area (TPSA) is 80.3 Å². The van der Waals surface area contributed by atoms with Crippen molar-refractivity contribution >= 4 is 29.1 Å². The van der Waals surface area contributed by atoms with Crippen molar-refractivity contribution in [3.05, 3.63) is 83.8 Å². The summed E-state index contributed by atoms with van der Waals surface area (Å²) in [6, 6.07) is 15.5. The van der Waals surface area contributed by atoms with Gasteiger partial charge in [0.1, 0.15) is 11.6 Å². The number of nitrogens with one attached hydrogen (secondary N) is 2. The summed E-state index contributed by atoms with van der Waals surface area (Å²) in [4.78, 5) is 28.4. The average molecular weight is 379 g/mol. The maximum atomic E-state index is 12.9. The Morgan fingerprint density at radius 2 is 1.79 bits per heavy atom. The van der Waals surface area contributed by atoms with E-state index in [0.29, 0.717) is 28.3 Å². The number of para-hydroxylation sites is 1. The van der Waals surface area contributed by atoms with Crippen molar-refractivity contribution in [1.29, 1.82) is 0 Å². The molecule has 2 aromatic carbocycles. The highest BCUT2D eigenvalue weighted by molar-refractivity contribution is 6.04. The number of nitrogens with zero attached hydrogens (tertiary/aromatic N) is 1. The van der Waals surface area contributed by atoms with Gasteiger partial charge in [0.05, 0.1) is 29.7 Å². The lowest BCUT2D eigenvalue weighted by atomic mass is 10.2. The predicted octanol–water partition coefficient (Wildman–Crippen LogP) is 4.39. The van der Waals surface area contributed by atoms with Gasteiger partial charge in [0.2, 0.25) is 0 Å². The Labute approximate surface area is 161 Å². The first-order valence-electron chi connectivity index (χ1n) is 8.63. The fourth-order valence-corrected chi connectivity index (χ4v) is 2.46. The van der Waals surface area contributed by atoms with Crippen LogP contribution in [0.15, 0.2) is 66.9 Å². The molecule has 3 aromatic rings. The second-order valence-electron chi connectivity index (χ2n) is 5.78. The van der Waals surface area contributed by atoms with Crippen molar-refractivity contribution in [2.75, 3.05) is 17.2 Å². The molecule has 0 fully saturated rings. The summed E-state index contributed by atoms with van der Waals surface area (Å²) in [7, 11) is 0. The molecule has 0 aliphatic rings. The van der Waals surface area contributed by atoms with E-state index in [9.17, 15) is 14.0 Å². The summed E-state index contributed by atoms with van der Waals surface area (Å²) >= 11 is 0. The number of pyridine rings is 1. The largest absolute Gasteiger partial charge is 0.462 e. The van der Waals surface area contributed by atoms with Crippen LogP contribution in [0.4, 0.5) is 21.6 Å². The molecule has 28 heavy (non-hydrogen) atoms. The highest BCUT2D eigenvalue weighted by Crippen LogP contribution is 2.21. The Morgan fingerprint density at radius 3 is 2.46 bits per heavy atom. The number of aromatic nitrogens is 1. The Kier molecular flexibility index (Phi) is 5.96. The van der Waals surface area contributed by atoms with Gasteiger partial charge in [0.25, 0.3) is 5.91 Å². The number of rotatable bonds is 6. The molecule has 1 heterocycles. The third kappa shape index (κ3) is 4.70. The zero-order valence-corrected chi connectivity index (χ0v) is 15.1. The van der Waals surface area contributed by atoms with Gasteiger partial charge < -0.3 is 15.4 Å². The minimum Gasteiger partial charge on any atom is -0.462 e. The van der Waals surface area contributed by atoms with Gasteiger partial charge in [-0.25, -0.2) is 14.2 Å². The van der Waals surface area contributed by atoms with Gasteiger partial charge in [0.15, 0.2) is 0 Å². The van der Waals surface area contributed by atoms with Crippen LogP contribution >= 0.6 is 0 Å². The molecule has 1 amide bonds. The number of esters is 1. The Balaban J connectivity index is 1.69. The molecule has 0 saturated carbocycles. The molecule has 2 N–H and O–H groups in total. The fraction of sp³-hybridized carbons (Fsp3) is 0.0952. The third-order valence-corrected chi connectivity index (χ3v) is 3.81.